The maximum Gasteiger partial charge on any atom is 0.388 e. The molecule has 0 saturated carbocycles. The number of nitrogen functional groups attached to an aromatic ring is 1. The van der Waals surface area contributed by atoms with Crippen molar-refractivity contribution in [2.45, 2.75) is 6.61 Å². The van der Waals surface area contributed by atoms with Gasteiger partial charge in [0.1, 0.15) is 5.82 Å². The third-order valence-corrected chi connectivity index (χ3v) is 3.55. The summed E-state index contributed by atoms with van der Waals surface area (Å²) in [6, 6.07) is 5.51. The molecular formula is C15H13F3N6O2. The van der Waals surface area contributed by atoms with Crippen LogP contribution < -0.4 is 21.5 Å². The van der Waals surface area contributed by atoms with Crippen molar-refractivity contribution in [3.8, 4) is 5.88 Å². The number of hydrogen-bond acceptors (Lipinski definition) is 6. The van der Waals surface area contributed by atoms with Crippen molar-refractivity contribution in [2.24, 2.45) is 12.8 Å². The first-order chi connectivity index (χ1) is 12.3. The highest BCUT2D eigenvalue weighted by Crippen LogP contribution is 2.30. The monoisotopic (exact) mass is 366 g/mol. The normalized spacial score (nSPS) is 11.1. The van der Waals surface area contributed by atoms with Crippen LogP contribution in [0.4, 0.5) is 30.5 Å². The van der Waals surface area contributed by atoms with Gasteiger partial charge >= 0.3 is 6.61 Å². The van der Waals surface area contributed by atoms with E-state index in [0.717, 1.165) is 6.07 Å². The topological polar surface area (TPSA) is 121 Å². The zero-order valence-corrected chi connectivity index (χ0v) is 13.3. The number of halogens is 3. The first kappa shape index (κ1) is 17.3. The van der Waals surface area contributed by atoms with E-state index in [0.29, 0.717) is 16.6 Å². The molecule has 0 aliphatic carbocycles. The van der Waals surface area contributed by atoms with Crippen LogP contribution in [0.5, 0.6) is 5.88 Å². The number of nitrogens with one attached hydrogen (secondary N) is 1. The number of aromatic nitrogens is 3. The highest BCUT2D eigenvalue weighted by molar-refractivity contribution is 5.99. The SMILES string of the molecule is Cn1nc(OC(F)F)c2cc(Nc3nc(N)c(F)cc3C(N)=O)ccc21. The summed E-state index contributed by atoms with van der Waals surface area (Å²) in [5, 5.41) is 6.94. The fourth-order valence-corrected chi connectivity index (χ4v) is 2.41. The molecule has 0 spiro atoms. The Balaban J connectivity index is 2.04. The molecule has 3 aromatic rings. The second-order valence-electron chi connectivity index (χ2n) is 5.28. The number of rotatable bonds is 5. The van der Waals surface area contributed by atoms with Crippen LogP contribution in [0.25, 0.3) is 10.9 Å². The van der Waals surface area contributed by atoms with Crippen LogP contribution in [0.2, 0.25) is 0 Å². The van der Waals surface area contributed by atoms with Gasteiger partial charge in [-0.05, 0) is 24.3 Å². The third kappa shape index (κ3) is 3.18. The Morgan fingerprint density at radius 1 is 1.35 bits per heavy atom. The van der Waals surface area contributed by atoms with Crippen LogP contribution in [0.15, 0.2) is 24.3 Å². The number of pyridine rings is 1. The average molecular weight is 366 g/mol. The van der Waals surface area contributed by atoms with Crippen molar-refractivity contribution in [1.82, 2.24) is 14.8 Å². The molecule has 136 valence electrons. The highest BCUT2D eigenvalue weighted by atomic mass is 19.3. The number of hydrogen-bond donors (Lipinski definition) is 3. The van der Waals surface area contributed by atoms with Gasteiger partial charge in [0, 0.05) is 12.7 Å². The molecule has 3 rings (SSSR count). The van der Waals surface area contributed by atoms with E-state index in [1.165, 1.54) is 10.7 Å². The number of carbonyl (C=O) groups is 1. The Morgan fingerprint density at radius 3 is 2.73 bits per heavy atom. The summed E-state index contributed by atoms with van der Waals surface area (Å²) >= 11 is 0. The molecule has 11 heteroatoms. The van der Waals surface area contributed by atoms with E-state index in [2.05, 4.69) is 20.1 Å². The Morgan fingerprint density at radius 2 is 2.08 bits per heavy atom. The van der Waals surface area contributed by atoms with Crippen molar-refractivity contribution >= 4 is 34.1 Å². The fraction of sp³-hybridized carbons (Fsp3) is 0.133. The molecule has 8 nitrogen and oxygen atoms in total. The zero-order chi connectivity index (χ0) is 19.0. The predicted octanol–water partition coefficient (Wildman–Crippen LogP) is 2.13. The number of nitrogens with zero attached hydrogens (tertiary/aromatic N) is 3. The number of benzene rings is 1. The number of alkyl halides is 2. The molecule has 2 aromatic heterocycles. The largest absolute Gasteiger partial charge is 0.415 e. The van der Waals surface area contributed by atoms with Gasteiger partial charge in [-0.2, -0.15) is 8.78 Å². The van der Waals surface area contributed by atoms with Crippen LogP contribution in [-0.4, -0.2) is 27.3 Å². The first-order valence-corrected chi connectivity index (χ1v) is 7.20. The molecule has 0 atom stereocenters. The quantitative estimate of drug-likeness (QED) is 0.636. The van der Waals surface area contributed by atoms with Crippen LogP contribution in [0.3, 0.4) is 0 Å². The van der Waals surface area contributed by atoms with Crippen LogP contribution in [-0.2, 0) is 7.05 Å². The maximum atomic E-state index is 13.5. The van der Waals surface area contributed by atoms with Crippen LogP contribution >= 0.6 is 0 Å². The van der Waals surface area contributed by atoms with Gasteiger partial charge in [0.25, 0.3) is 5.91 Å². The molecule has 0 bridgehead atoms. The lowest BCUT2D eigenvalue weighted by molar-refractivity contribution is -0.0521. The minimum Gasteiger partial charge on any atom is -0.415 e. The number of carbonyl (C=O) groups excluding carboxylic acids is 1. The summed E-state index contributed by atoms with van der Waals surface area (Å²) in [4.78, 5) is 15.2. The van der Waals surface area contributed by atoms with Gasteiger partial charge in [-0.1, -0.05) is 0 Å². The van der Waals surface area contributed by atoms with E-state index in [1.807, 2.05) is 0 Å². The van der Waals surface area contributed by atoms with Crippen molar-refractivity contribution in [2.75, 3.05) is 11.1 Å². The van der Waals surface area contributed by atoms with Crippen molar-refractivity contribution in [3.05, 3.63) is 35.6 Å². The molecule has 0 saturated heterocycles. The zero-order valence-electron chi connectivity index (χ0n) is 13.3. The van der Waals surface area contributed by atoms with Gasteiger partial charge in [-0.15, -0.1) is 5.10 Å². The van der Waals surface area contributed by atoms with E-state index in [1.54, 1.807) is 19.2 Å². The second-order valence-corrected chi connectivity index (χ2v) is 5.28. The van der Waals surface area contributed by atoms with E-state index < -0.39 is 24.2 Å². The summed E-state index contributed by atoms with van der Waals surface area (Å²) in [6.45, 7) is -3.04. The molecule has 5 N–H and O–H groups in total. The summed E-state index contributed by atoms with van der Waals surface area (Å²) in [5.41, 5.74) is 11.3. The molecule has 0 fully saturated rings. The fourth-order valence-electron chi connectivity index (χ4n) is 2.41. The molecule has 26 heavy (non-hydrogen) atoms. The standard InChI is InChI=1S/C15H13F3N6O2/c1-24-10-3-2-6(4-7(10)14(23-24)26-15(17)18)21-13-8(12(20)25)5-9(16)11(19)22-13/h2-5,15H,1H3,(H2,20,25)(H3,19,21,22). The average Bonchev–Trinajstić information content (AvgIpc) is 2.85. The number of amides is 1. The van der Waals surface area contributed by atoms with E-state index in [9.17, 15) is 18.0 Å². The lowest BCUT2D eigenvalue weighted by Crippen LogP contribution is -2.16. The van der Waals surface area contributed by atoms with E-state index in [4.69, 9.17) is 11.5 Å². The lowest BCUT2D eigenvalue weighted by Gasteiger charge is -2.11. The molecule has 0 unspecified atom stereocenters. The maximum absolute atomic E-state index is 13.5. The first-order valence-electron chi connectivity index (χ1n) is 7.20. The highest BCUT2D eigenvalue weighted by Gasteiger charge is 2.17. The van der Waals surface area contributed by atoms with Crippen molar-refractivity contribution in [1.29, 1.82) is 0 Å². The number of fused-ring (bicyclic) bond motifs is 1. The summed E-state index contributed by atoms with van der Waals surface area (Å²) < 4.78 is 44.4. The molecule has 0 aliphatic rings. The van der Waals surface area contributed by atoms with Gasteiger partial charge in [-0.3, -0.25) is 9.48 Å². The number of ether oxygens (including phenoxy) is 1. The van der Waals surface area contributed by atoms with Crippen molar-refractivity contribution < 1.29 is 22.7 Å². The van der Waals surface area contributed by atoms with Gasteiger partial charge < -0.3 is 21.5 Å². The Bertz CT molecular complexity index is 1000. The molecular weight excluding hydrogens is 353 g/mol. The molecule has 1 amide bonds. The van der Waals surface area contributed by atoms with Crippen LogP contribution in [0.1, 0.15) is 10.4 Å². The summed E-state index contributed by atoms with van der Waals surface area (Å²) in [7, 11) is 1.57. The third-order valence-electron chi connectivity index (χ3n) is 3.55. The number of anilines is 3. The minimum atomic E-state index is -3.04. The summed E-state index contributed by atoms with van der Waals surface area (Å²) in [6.07, 6.45) is 0. The Hall–Kier alpha value is -3.50. The smallest absolute Gasteiger partial charge is 0.388 e. The van der Waals surface area contributed by atoms with Crippen LogP contribution in [0, 0.1) is 5.82 Å². The van der Waals surface area contributed by atoms with Gasteiger partial charge in [0.05, 0.1) is 16.5 Å². The Kier molecular flexibility index (Phi) is 4.28. The number of primary amides is 1. The Labute approximate surface area is 144 Å². The van der Waals surface area contributed by atoms with Gasteiger partial charge in [0.15, 0.2) is 11.6 Å². The van der Waals surface area contributed by atoms with E-state index in [-0.39, 0.29) is 17.3 Å². The lowest BCUT2D eigenvalue weighted by atomic mass is 10.2. The number of nitrogens with two attached hydrogens (primary N) is 2. The number of aryl methyl sites for hydroxylation is 1. The molecule has 0 aliphatic heterocycles. The summed E-state index contributed by atoms with van der Waals surface area (Å²) in [5.74, 6) is -2.57. The molecule has 1 aromatic carbocycles. The van der Waals surface area contributed by atoms with Gasteiger partial charge in [-0.25, -0.2) is 9.37 Å². The predicted molar refractivity (Wildman–Crippen MR) is 87.8 cm³/mol. The van der Waals surface area contributed by atoms with Gasteiger partial charge in [0.2, 0.25) is 5.88 Å². The second kappa shape index (κ2) is 6.43. The minimum absolute atomic E-state index is 0.0732. The van der Waals surface area contributed by atoms with E-state index >= 15 is 0 Å². The molecule has 0 radical (unpaired) electrons. The molecule has 2 heterocycles. The van der Waals surface area contributed by atoms with Crippen molar-refractivity contribution in [3.63, 3.8) is 0 Å².